The highest BCUT2D eigenvalue weighted by Gasteiger charge is 2.26. The molecule has 0 saturated carbocycles. The van der Waals surface area contributed by atoms with Gasteiger partial charge in [0.05, 0.1) is 5.41 Å². The van der Waals surface area contributed by atoms with Crippen molar-refractivity contribution in [1.29, 1.82) is 0 Å². The van der Waals surface area contributed by atoms with Crippen LogP contribution in [0.25, 0.3) is 0 Å². The van der Waals surface area contributed by atoms with Gasteiger partial charge in [0, 0.05) is 12.6 Å². The van der Waals surface area contributed by atoms with Crippen molar-refractivity contribution in [3.63, 3.8) is 0 Å². The van der Waals surface area contributed by atoms with E-state index in [1.165, 1.54) is 18.2 Å². The molecule has 0 aliphatic rings. The molecule has 0 unspecified atom stereocenters. The first-order valence-corrected chi connectivity index (χ1v) is 7.64. The number of hydrogen-bond acceptors (Lipinski definition) is 5. The summed E-state index contributed by atoms with van der Waals surface area (Å²) < 4.78 is 23.7. The van der Waals surface area contributed by atoms with E-state index in [0.717, 1.165) is 0 Å². The van der Waals surface area contributed by atoms with E-state index in [4.69, 9.17) is 14.4 Å². The molecule has 7 nitrogen and oxygen atoms in total. The topological polar surface area (TPSA) is 102 Å². The molecule has 0 aliphatic heterocycles. The van der Waals surface area contributed by atoms with Gasteiger partial charge < -0.3 is 19.7 Å². The van der Waals surface area contributed by atoms with Crippen LogP contribution in [0.3, 0.4) is 0 Å². The van der Waals surface area contributed by atoms with Gasteiger partial charge >= 0.3 is 5.97 Å². The maximum atomic E-state index is 13.4. The van der Waals surface area contributed by atoms with E-state index in [-0.39, 0.29) is 36.8 Å². The standard InChI is InChI=1S/C17H19FN2O5/c1-17(2,16(22)23)7-8-19-15(21)13-9-11(25-20-13)10-24-14-6-4-3-5-12(14)18/h3-6,9H,7-8,10H2,1-2H3,(H,19,21)(H,22,23). The normalized spacial score (nSPS) is 11.2. The Bertz CT molecular complexity index is 757. The molecule has 2 aromatic rings. The minimum absolute atomic E-state index is 0.0419. The molecule has 0 saturated heterocycles. The number of para-hydroxylation sites is 1. The van der Waals surface area contributed by atoms with Crippen LogP contribution in [-0.4, -0.2) is 28.7 Å². The molecule has 1 aromatic heterocycles. The summed E-state index contributed by atoms with van der Waals surface area (Å²) in [5, 5.41) is 15.2. The number of ether oxygens (including phenoxy) is 1. The maximum Gasteiger partial charge on any atom is 0.309 e. The van der Waals surface area contributed by atoms with Crippen molar-refractivity contribution in [2.75, 3.05) is 6.54 Å². The fourth-order valence-corrected chi connectivity index (χ4v) is 1.88. The van der Waals surface area contributed by atoms with Crippen LogP contribution in [0.5, 0.6) is 5.75 Å². The molecule has 8 heteroatoms. The van der Waals surface area contributed by atoms with Gasteiger partial charge in [0.2, 0.25) is 0 Å². The van der Waals surface area contributed by atoms with Crippen LogP contribution in [-0.2, 0) is 11.4 Å². The number of aliphatic carboxylic acids is 1. The highest BCUT2D eigenvalue weighted by molar-refractivity contribution is 5.92. The summed E-state index contributed by atoms with van der Waals surface area (Å²) in [6, 6.07) is 7.32. The van der Waals surface area contributed by atoms with E-state index in [1.54, 1.807) is 26.0 Å². The largest absolute Gasteiger partial charge is 0.482 e. The number of aromatic nitrogens is 1. The fraction of sp³-hybridized carbons (Fsp3) is 0.353. The maximum absolute atomic E-state index is 13.4. The van der Waals surface area contributed by atoms with Crippen LogP contribution in [0.1, 0.15) is 36.5 Å². The Labute approximate surface area is 143 Å². The van der Waals surface area contributed by atoms with Gasteiger partial charge in [0.1, 0.15) is 6.61 Å². The minimum atomic E-state index is -0.935. The minimum Gasteiger partial charge on any atom is -0.482 e. The molecule has 0 spiro atoms. The molecule has 0 fully saturated rings. The van der Waals surface area contributed by atoms with Crippen LogP contribution < -0.4 is 10.1 Å². The quantitative estimate of drug-likeness (QED) is 0.759. The fourth-order valence-electron chi connectivity index (χ4n) is 1.88. The summed E-state index contributed by atoms with van der Waals surface area (Å²) in [4.78, 5) is 23.0. The van der Waals surface area contributed by atoms with E-state index < -0.39 is 23.1 Å². The van der Waals surface area contributed by atoms with Crippen molar-refractivity contribution in [3.8, 4) is 5.75 Å². The molecule has 1 amide bonds. The number of nitrogens with one attached hydrogen (secondary N) is 1. The molecule has 134 valence electrons. The molecular weight excluding hydrogens is 331 g/mol. The summed E-state index contributed by atoms with van der Waals surface area (Å²) in [5.41, 5.74) is -0.893. The smallest absolute Gasteiger partial charge is 0.309 e. The van der Waals surface area contributed by atoms with Crippen molar-refractivity contribution in [2.24, 2.45) is 5.41 Å². The number of halogens is 1. The highest BCUT2D eigenvalue weighted by Crippen LogP contribution is 2.19. The molecule has 0 aliphatic carbocycles. The first-order valence-electron chi connectivity index (χ1n) is 7.64. The van der Waals surface area contributed by atoms with E-state index in [1.807, 2.05) is 0 Å². The average Bonchev–Trinajstić information content (AvgIpc) is 3.03. The Morgan fingerprint density at radius 2 is 2.08 bits per heavy atom. The van der Waals surface area contributed by atoms with Crippen molar-refractivity contribution in [2.45, 2.75) is 26.9 Å². The summed E-state index contributed by atoms with van der Waals surface area (Å²) >= 11 is 0. The first-order chi connectivity index (χ1) is 11.8. The molecule has 2 rings (SSSR count). The zero-order valence-corrected chi connectivity index (χ0v) is 13.9. The number of carboxylic acids is 1. The van der Waals surface area contributed by atoms with Crippen molar-refractivity contribution >= 4 is 11.9 Å². The third-order valence-corrected chi connectivity index (χ3v) is 3.61. The van der Waals surface area contributed by atoms with Gasteiger partial charge in [0.25, 0.3) is 5.91 Å². The van der Waals surface area contributed by atoms with E-state index in [9.17, 15) is 14.0 Å². The van der Waals surface area contributed by atoms with Gasteiger partial charge in [-0.2, -0.15) is 0 Å². The summed E-state index contributed by atoms with van der Waals surface area (Å²) in [6.45, 7) is 3.27. The third kappa shape index (κ3) is 5.03. The van der Waals surface area contributed by atoms with E-state index in [2.05, 4.69) is 10.5 Å². The summed E-state index contributed by atoms with van der Waals surface area (Å²) in [7, 11) is 0. The number of carbonyl (C=O) groups is 2. The van der Waals surface area contributed by atoms with Gasteiger partial charge in [-0.1, -0.05) is 17.3 Å². The lowest BCUT2D eigenvalue weighted by Gasteiger charge is -2.18. The molecule has 1 heterocycles. The van der Waals surface area contributed by atoms with Crippen LogP contribution in [0.2, 0.25) is 0 Å². The lowest BCUT2D eigenvalue weighted by molar-refractivity contribution is -0.147. The predicted molar refractivity (Wildman–Crippen MR) is 85.6 cm³/mol. The third-order valence-electron chi connectivity index (χ3n) is 3.61. The molecule has 25 heavy (non-hydrogen) atoms. The van der Waals surface area contributed by atoms with Gasteiger partial charge in [0.15, 0.2) is 23.0 Å². The molecule has 2 N–H and O–H groups in total. The number of benzene rings is 1. The summed E-state index contributed by atoms with van der Waals surface area (Å²) in [6.07, 6.45) is 0.273. The van der Waals surface area contributed by atoms with Crippen LogP contribution in [0.4, 0.5) is 4.39 Å². The number of hydrogen-bond donors (Lipinski definition) is 2. The van der Waals surface area contributed by atoms with Gasteiger partial charge in [-0.25, -0.2) is 4.39 Å². The average molecular weight is 350 g/mol. The number of carboxylic acid groups (broad SMARTS) is 1. The lowest BCUT2D eigenvalue weighted by atomic mass is 9.90. The predicted octanol–water partition coefficient (Wildman–Crippen LogP) is 2.62. The Hall–Kier alpha value is -2.90. The van der Waals surface area contributed by atoms with E-state index in [0.29, 0.717) is 0 Å². The van der Waals surface area contributed by atoms with Gasteiger partial charge in [-0.15, -0.1) is 0 Å². The zero-order chi connectivity index (χ0) is 18.4. The van der Waals surface area contributed by atoms with Crippen molar-refractivity contribution < 1.29 is 28.3 Å². The van der Waals surface area contributed by atoms with Crippen LogP contribution in [0.15, 0.2) is 34.9 Å². The molecule has 0 atom stereocenters. The second kappa shape index (κ2) is 7.78. The number of carbonyl (C=O) groups excluding carboxylic acids is 1. The Morgan fingerprint density at radius 1 is 1.36 bits per heavy atom. The highest BCUT2D eigenvalue weighted by atomic mass is 19.1. The lowest BCUT2D eigenvalue weighted by Crippen LogP contribution is -2.32. The van der Waals surface area contributed by atoms with Crippen LogP contribution >= 0.6 is 0 Å². The number of amides is 1. The second-order valence-corrected chi connectivity index (χ2v) is 6.09. The Balaban J connectivity index is 1.85. The molecule has 1 aromatic carbocycles. The van der Waals surface area contributed by atoms with Gasteiger partial charge in [-0.3, -0.25) is 9.59 Å². The van der Waals surface area contributed by atoms with Gasteiger partial charge in [-0.05, 0) is 32.4 Å². The first kappa shape index (κ1) is 18.4. The number of nitrogens with zero attached hydrogens (tertiary/aromatic N) is 1. The van der Waals surface area contributed by atoms with Crippen molar-refractivity contribution in [1.82, 2.24) is 10.5 Å². The Kier molecular flexibility index (Phi) is 5.74. The monoisotopic (exact) mass is 350 g/mol. The zero-order valence-electron chi connectivity index (χ0n) is 13.9. The molecule has 0 bridgehead atoms. The molecular formula is C17H19FN2O5. The Morgan fingerprint density at radius 3 is 2.76 bits per heavy atom. The van der Waals surface area contributed by atoms with Crippen molar-refractivity contribution in [3.05, 3.63) is 47.6 Å². The molecule has 0 radical (unpaired) electrons. The number of rotatable bonds is 8. The van der Waals surface area contributed by atoms with E-state index >= 15 is 0 Å². The van der Waals surface area contributed by atoms with Crippen LogP contribution in [0, 0.1) is 11.2 Å². The summed E-state index contributed by atoms with van der Waals surface area (Å²) in [5.74, 6) is -1.58. The SMILES string of the molecule is CC(C)(CCNC(=O)c1cc(COc2ccccc2F)on1)C(=O)O. The second-order valence-electron chi connectivity index (χ2n) is 6.09.